The van der Waals surface area contributed by atoms with Gasteiger partial charge in [-0.05, 0) is 12.1 Å². The first-order chi connectivity index (χ1) is 14.5. The van der Waals surface area contributed by atoms with Gasteiger partial charge in [-0.1, -0.05) is 36.0 Å². The van der Waals surface area contributed by atoms with Crippen LogP contribution in [0.5, 0.6) is 5.75 Å². The van der Waals surface area contributed by atoms with Gasteiger partial charge in [0.15, 0.2) is 11.0 Å². The summed E-state index contributed by atoms with van der Waals surface area (Å²) in [5, 5.41) is 22.7. The van der Waals surface area contributed by atoms with Crippen LogP contribution in [0.4, 0.5) is 11.4 Å². The lowest BCUT2D eigenvalue weighted by Crippen LogP contribution is -2.14. The zero-order valence-corrected chi connectivity index (χ0v) is 17.0. The molecule has 0 saturated carbocycles. The number of carbonyl (C=O) groups excluding carboxylic acids is 1. The average molecular weight is 425 g/mol. The molecule has 30 heavy (non-hydrogen) atoms. The van der Waals surface area contributed by atoms with Crippen molar-refractivity contribution in [3.63, 3.8) is 0 Å². The van der Waals surface area contributed by atoms with Crippen LogP contribution in [0.2, 0.25) is 0 Å². The highest BCUT2D eigenvalue weighted by Gasteiger charge is 2.17. The topological polar surface area (TPSA) is 112 Å². The Morgan fingerprint density at radius 1 is 1.30 bits per heavy atom. The number of nitrogens with zero attached hydrogens (tertiary/aromatic N) is 4. The lowest BCUT2D eigenvalue weighted by molar-refractivity contribution is -0.384. The van der Waals surface area contributed by atoms with E-state index in [0.717, 1.165) is 0 Å². The number of carbonyl (C=O) groups is 1. The summed E-state index contributed by atoms with van der Waals surface area (Å²) >= 11 is 1.21. The molecule has 0 unspecified atom stereocenters. The number of methoxy groups -OCH3 is 1. The number of rotatable bonds is 9. The lowest BCUT2D eigenvalue weighted by Gasteiger charge is -2.09. The summed E-state index contributed by atoms with van der Waals surface area (Å²) in [5.41, 5.74) is 1.16. The van der Waals surface area contributed by atoms with Crippen molar-refractivity contribution < 1.29 is 14.5 Å². The van der Waals surface area contributed by atoms with Crippen molar-refractivity contribution in [2.24, 2.45) is 0 Å². The Morgan fingerprint density at radius 2 is 2.10 bits per heavy atom. The summed E-state index contributed by atoms with van der Waals surface area (Å²) in [6.45, 7) is 4.13. The quantitative estimate of drug-likeness (QED) is 0.240. The molecule has 1 N–H and O–H groups in total. The molecule has 154 valence electrons. The highest BCUT2D eigenvalue weighted by Crippen LogP contribution is 2.27. The van der Waals surface area contributed by atoms with Crippen molar-refractivity contribution in [1.29, 1.82) is 0 Å². The number of benzene rings is 2. The number of hydrogen-bond acceptors (Lipinski definition) is 7. The SMILES string of the molecule is C=CCn1c(SCC(=O)Nc2cccc(OC)c2)nnc1-c1cccc([N+](=O)[O-])c1. The normalized spacial score (nSPS) is 10.4. The maximum atomic E-state index is 12.3. The number of nitro benzene ring substituents is 1. The molecular weight excluding hydrogens is 406 g/mol. The van der Waals surface area contributed by atoms with E-state index in [2.05, 4.69) is 22.1 Å². The predicted molar refractivity (Wildman–Crippen MR) is 115 cm³/mol. The van der Waals surface area contributed by atoms with Gasteiger partial charge in [0.2, 0.25) is 5.91 Å². The van der Waals surface area contributed by atoms with Gasteiger partial charge in [-0.2, -0.15) is 0 Å². The molecule has 0 bridgehead atoms. The summed E-state index contributed by atoms with van der Waals surface area (Å²) < 4.78 is 6.91. The van der Waals surface area contributed by atoms with E-state index >= 15 is 0 Å². The lowest BCUT2D eigenvalue weighted by atomic mass is 10.2. The van der Waals surface area contributed by atoms with E-state index in [0.29, 0.717) is 34.5 Å². The van der Waals surface area contributed by atoms with Crippen LogP contribution < -0.4 is 10.1 Å². The van der Waals surface area contributed by atoms with Crippen molar-refractivity contribution in [2.45, 2.75) is 11.7 Å². The fourth-order valence-corrected chi connectivity index (χ4v) is 3.44. The minimum Gasteiger partial charge on any atom is -0.497 e. The number of non-ortho nitro benzene ring substituents is 1. The molecule has 2 aromatic carbocycles. The van der Waals surface area contributed by atoms with Gasteiger partial charge in [0.1, 0.15) is 5.75 Å². The fourth-order valence-electron chi connectivity index (χ4n) is 2.69. The zero-order chi connectivity index (χ0) is 21.5. The van der Waals surface area contributed by atoms with Crippen molar-refractivity contribution in [3.05, 3.63) is 71.3 Å². The van der Waals surface area contributed by atoms with Gasteiger partial charge in [-0.25, -0.2) is 0 Å². The number of thioether (sulfide) groups is 1. The number of allylic oxidation sites excluding steroid dienone is 1. The first-order valence-electron chi connectivity index (χ1n) is 8.87. The Balaban J connectivity index is 1.75. The van der Waals surface area contributed by atoms with Crippen molar-refractivity contribution in [3.8, 4) is 17.1 Å². The molecule has 0 fully saturated rings. The van der Waals surface area contributed by atoms with Gasteiger partial charge in [-0.15, -0.1) is 16.8 Å². The van der Waals surface area contributed by atoms with E-state index in [1.54, 1.807) is 54.2 Å². The Labute approximate surface area is 176 Å². The smallest absolute Gasteiger partial charge is 0.270 e. The van der Waals surface area contributed by atoms with Gasteiger partial charge in [-0.3, -0.25) is 19.5 Å². The summed E-state index contributed by atoms with van der Waals surface area (Å²) in [6.07, 6.45) is 1.67. The number of nitro groups is 1. The maximum absolute atomic E-state index is 12.3. The molecule has 1 heterocycles. The number of nitrogens with one attached hydrogen (secondary N) is 1. The predicted octanol–water partition coefficient (Wildman–Crippen LogP) is 3.78. The van der Waals surface area contributed by atoms with Gasteiger partial charge in [0.25, 0.3) is 5.69 Å². The number of hydrogen-bond donors (Lipinski definition) is 1. The Hall–Kier alpha value is -3.66. The monoisotopic (exact) mass is 425 g/mol. The van der Waals surface area contributed by atoms with Gasteiger partial charge in [0.05, 0.1) is 17.8 Å². The van der Waals surface area contributed by atoms with Gasteiger partial charge < -0.3 is 10.1 Å². The first kappa shape index (κ1) is 21.1. The van der Waals surface area contributed by atoms with Crippen molar-refractivity contribution in [1.82, 2.24) is 14.8 Å². The summed E-state index contributed by atoms with van der Waals surface area (Å²) in [6, 6.07) is 13.2. The molecule has 3 rings (SSSR count). The average Bonchev–Trinajstić information content (AvgIpc) is 3.15. The van der Waals surface area contributed by atoms with Crippen molar-refractivity contribution >= 4 is 29.0 Å². The summed E-state index contributed by atoms with van der Waals surface area (Å²) in [7, 11) is 1.56. The van der Waals surface area contributed by atoms with E-state index in [1.807, 2.05) is 0 Å². The number of amides is 1. The molecule has 0 aliphatic heterocycles. The van der Waals surface area contributed by atoms with Crippen LogP contribution in [-0.4, -0.2) is 38.5 Å². The molecule has 0 spiro atoms. The highest BCUT2D eigenvalue weighted by molar-refractivity contribution is 7.99. The minimum absolute atomic E-state index is 0.0347. The molecule has 10 heteroatoms. The van der Waals surface area contributed by atoms with Gasteiger partial charge >= 0.3 is 0 Å². The van der Waals surface area contributed by atoms with Crippen LogP contribution in [0.3, 0.4) is 0 Å². The van der Waals surface area contributed by atoms with Crippen LogP contribution in [0, 0.1) is 10.1 Å². The number of ether oxygens (including phenoxy) is 1. The Bertz CT molecular complexity index is 1080. The zero-order valence-electron chi connectivity index (χ0n) is 16.1. The third kappa shape index (κ3) is 5.03. The minimum atomic E-state index is -0.462. The molecule has 1 aromatic heterocycles. The summed E-state index contributed by atoms with van der Waals surface area (Å²) in [5.74, 6) is 1.02. The fraction of sp³-hybridized carbons (Fsp3) is 0.150. The van der Waals surface area contributed by atoms with E-state index in [4.69, 9.17) is 4.74 Å². The second kappa shape index (κ2) is 9.70. The van der Waals surface area contributed by atoms with Crippen molar-refractivity contribution in [2.75, 3.05) is 18.2 Å². The molecule has 1 amide bonds. The number of anilines is 1. The molecule has 9 nitrogen and oxygen atoms in total. The molecule has 0 atom stereocenters. The van der Waals surface area contributed by atoms with E-state index in [9.17, 15) is 14.9 Å². The maximum Gasteiger partial charge on any atom is 0.270 e. The Kier molecular flexibility index (Phi) is 6.81. The third-order valence-corrected chi connectivity index (χ3v) is 5.00. The third-order valence-electron chi connectivity index (χ3n) is 4.03. The van der Waals surface area contributed by atoms with Crippen LogP contribution >= 0.6 is 11.8 Å². The van der Waals surface area contributed by atoms with E-state index < -0.39 is 4.92 Å². The molecule has 0 aliphatic rings. The second-order valence-corrected chi connectivity index (χ2v) is 7.02. The van der Waals surface area contributed by atoms with Crippen LogP contribution in [0.15, 0.2) is 66.3 Å². The van der Waals surface area contributed by atoms with E-state index in [-0.39, 0.29) is 17.3 Å². The van der Waals surface area contributed by atoms with E-state index in [1.165, 1.54) is 23.9 Å². The largest absolute Gasteiger partial charge is 0.497 e. The number of aromatic nitrogens is 3. The van der Waals surface area contributed by atoms with Crippen LogP contribution in [-0.2, 0) is 11.3 Å². The van der Waals surface area contributed by atoms with Crippen LogP contribution in [0.1, 0.15) is 0 Å². The second-order valence-electron chi connectivity index (χ2n) is 6.08. The molecule has 0 saturated heterocycles. The molecule has 3 aromatic rings. The standard InChI is InChI=1S/C20H19N5O4S/c1-3-10-24-19(14-6-4-8-16(11-14)25(27)28)22-23-20(24)30-13-18(26)21-15-7-5-9-17(12-15)29-2/h3-9,11-12H,1,10,13H2,2H3,(H,21,26). The van der Waals surface area contributed by atoms with Crippen LogP contribution in [0.25, 0.3) is 11.4 Å². The molecular formula is C20H19N5O4S. The summed E-state index contributed by atoms with van der Waals surface area (Å²) in [4.78, 5) is 22.9. The molecule has 0 radical (unpaired) electrons. The highest BCUT2D eigenvalue weighted by atomic mass is 32.2. The van der Waals surface area contributed by atoms with Gasteiger partial charge in [0, 0.05) is 36.0 Å². The molecule has 0 aliphatic carbocycles. The Morgan fingerprint density at radius 3 is 2.83 bits per heavy atom. The first-order valence-corrected chi connectivity index (χ1v) is 9.86.